The number of carbonyl (C=O) groups is 1. The van der Waals surface area contributed by atoms with E-state index >= 15 is 0 Å². The van der Waals surface area contributed by atoms with E-state index in [9.17, 15) is 18.0 Å². The first-order valence-corrected chi connectivity index (χ1v) is 9.75. The summed E-state index contributed by atoms with van der Waals surface area (Å²) in [6.07, 6.45) is -2.84. The third-order valence-corrected chi connectivity index (χ3v) is 5.70. The zero-order valence-corrected chi connectivity index (χ0v) is 15.8. The second-order valence-corrected chi connectivity index (χ2v) is 7.64. The average molecular weight is 408 g/mol. The molecule has 0 radical (unpaired) electrons. The Morgan fingerprint density at radius 2 is 1.86 bits per heavy atom. The van der Waals surface area contributed by atoms with Crippen molar-refractivity contribution in [3.63, 3.8) is 0 Å². The smallest absolute Gasteiger partial charge is 0.391 e. The van der Waals surface area contributed by atoms with E-state index in [0.717, 1.165) is 16.9 Å². The maximum atomic E-state index is 12.9. The number of benzene rings is 1. The molecule has 0 spiro atoms. The molecule has 1 fully saturated rings. The molecule has 2 aromatic rings. The molecule has 0 bridgehead atoms. The second-order valence-electron chi connectivity index (χ2n) is 7.64. The Morgan fingerprint density at radius 1 is 1.17 bits per heavy atom. The van der Waals surface area contributed by atoms with Crippen LogP contribution in [0.4, 0.5) is 18.9 Å². The molecule has 9 heteroatoms. The predicted octanol–water partition coefficient (Wildman–Crippen LogP) is 3.38. The van der Waals surface area contributed by atoms with Crippen molar-refractivity contribution in [2.24, 2.45) is 5.92 Å². The molecule has 156 valence electrons. The van der Waals surface area contributed by atoms with Gasteiger partial charge in [0, 0.05) is 23.7 Å². The Hall–Kier alpha value is -2.55. The van der Waals surface area contributed by atoms with Crippen molar-refractivity contribution >= 4 is 11.6 Å². The fraction of sp³-hybridized carbons (Fsp3) is 0.500. The number of nitrogen functional groups attached to an aromatic ring is 1. The predicted molar refractivity (Wildman–Crippen MR) is 101 cm³/mol. The normalized spacial score (nSPS) is 22.2. The Morgan fingerprint density at radius 3 is 2.52 bits per heavy atom. The molecule has 0 atom stereocenters. The van der Waals surface area contributed by atoms with E-state index in [4.69, 9.17) is 10.5 Å². The number of alkyl halides is 3. The summed E-state index contributed by atoms with van der Waals surface area (Å²) in [4.78, 5) is 12.9. The van der Waals surface area contributed by atoms with Crippen molar-refractivity contribution in [1.29, 1.82) is 0 Å². The maximum absolute atomic E-state index is 12.9. The fourth-order valence-electron chi connectivity index (χ4n) is 4.07. The first kappa shape index (κ1) is 19.8. The fourth-order valence-corrected chi connectivity index (χ4v) is 4.07. The molecule has 1 aromatic heterocycles. The van der Waals surface area contributed by atoms with E-state index < -0.39 is 12.1 Å². The lowest BCUT2D eigenvalue weighted by Gasteiger charge is -2.30. The molecule has 1 aliphatic carbocycles. The molecular formula is C20H23F3N4O2. The average Bonchev–Trinajstić information content (AvgIpc) is 3.08. The zero-order chi connectivity index (χ0) is 20.6. The number of hydrogen-bond donors (Lipinski definition) is 2. The zero-order valence-electron chi connectivity index (χ0n) is 15.8. The number of amides is 1. The largest absolute Gasteiger partial charge is 0.399 e. The monoisotopic (exact) mass is 408 g/mol. The van der Waals surface area contributed by atoms with Crippen LogP contribution < -0.4 is 11.1 Å². The molecule has 2 heterocycles. The van der Waals surface area contributed by atoms with Crippen molar-refractivity contribution < 1.29 is 22.7 Å². The van der Waals surface area contributed by atoms with Crippen LogP contribution in [0.5, 0.6) is 0 Å². The van der Waals surface area contributed by atoms with E-state index in [1.54, 1.807) is 16.8 Å². The lowest BCUT2D eigenvalue weighted by molar-refractivity contribution is -0.182. The Balaban J connectivity index is 1.52. The summed E-state index contributed by atoms with van der Waals surface area (Å²) in [7, 11) is 0. The molecule has 3 N–H and O–H groups in total. The van der Waals surface area contributed by atoms with E-state index in [1.165, 1.54) is 0 Å². The number of nitrogens with one attached hydrogen (secondary N) is 1. The molecule has 2 aliphatic rings. The maximum Gasteiger partial charge on any atom is 0.391 e. The van der Waals surface area contributed by atoms with Crippen LogP contribution in [0.1, 0.15) is 47.4 Å². The van der Waals surface area contributed by atoms with Crippen molar-refractivity contribution in [2.75, 3.05) is 12.3 Å². The highest BCUT2D eigenvalue weighted by Crippen LogP contribution is 2.37. The number of nitrogens with zero attached hydrogens (tertiary/aromatic N) is 2. The summed E-state index contributed by atoms with van der Waals surface area (Å²) in [5.74, 6) is -1.64. The SMILES string of the molecule is Nc1ccc(-n2nc(C(=O)N[C@H]3CC[C@H](C(F)(F)F)CC3)c3c2CCOC3)cc1. The van der Waals surface area contributed by atoms with Gasteiger partial charge in [-0.05, 0) is 49.9 Å². The number of rotatable bonds is 3. The number of nitrogens with two attached hydrogens (primary N) is 1. The van der Waals surface area contributed by atoms with Crippen LogP contribution in [-0.4, -0.2) is 34.5 Å². The van der Waals surface area contributed by atoms with Gasteiger partial charge in [0.05, 0.1) is 30.5 Å². The van der Waals surface area contributed by atoms with E-state index in [0.29, 0.717) is 31.6 Å². The summed E-state index contributed by atoms with van der Waals surface area (Å²) in [5.41, 5.74) is 9.09. The topological polar surface area (TPSA) is 82.2 Å². The van der Waals surface area contributed by atoms with Crippen LogP contribution in [0.15, 0.2) is 24.3 Å². The molecule has 1 aliphatic heterocycles. The van der Waals surface area contributed by atoms with Crippen LogP contribution in [0.2, 0.25) is 0 Å². The lowest BCUT2D eigenvalue weighted by Crippen LogP contribution is -2.40. The van der Waals surface area contributed by atoms with Gasteiger partial charge in [0.25, 0.3) is 5.91 Å². The number of ether oxygens (including phenoxy) is 1. The summed E-state index contributed by atoms with van der Waals surface area (Å²) >= 11 is 0. The molecule has 4 rings (SSSR count). The third kappa shape index (κ3) is 4.10. The highest BCUT2D eigenvalue weighted by atomic mass is 19.4. The van der Waals surface area contributed by atoms with Crippen molar-refractivity contribution in [3.8, 4) is 5.69 Å². The van der Waals surface area contributed by atoms with Crippen molar-refractivity contribution in [3.05, 3.63) is 41.2 Å². The van der Waals surface area contributed by atoms with Crippen LogP contribution >= 0.6 is 0 Å². The molecule has 1 aromatic carbocycles. The van der Waals surface area contributed by atoms with Gasteiger partial charge < -0.3 is 15.8 Å². The minimum absolute atomic E-state index is 0.0372. The lowest BCUT2D eigenvalue weighted by atomic mass is 9.85. The highest BCUT2D eigenvalue weighted by Gasteiger charge is 2.41. The Kier molecular flexibility index (Phi) is 5.24. The standard InChI is InChI=1S/C20H23F3N4O2/c21-20(22,23)12-1-5-14(6-2-12)25-19(28)18-16-11-29-10-9-17(16)27(26-18)15-7-3-13(24)4-8-15/h3-4,7-8,12,14H,1-2,5-6,9-11,24H2,(H,25,28)/t12-,14-. The summed E-state index contributed by atoms with van der Waals surface area (Å²) < 4.78 is 45.8. The number of carbonyl (C=O) groups excluding carboxylic acids is 1. The number of anilines is 1. The quantitative estimate of drug-likeness (QED) is 0.763. The van der Waals surface area contributed by atoms with Gasteiger partial charge in [-0.25, -0.2) is 4.68 Å². The van der Waals surface area contributed by atoms with Gasteiger partial charge in [-0.3, -0.25) is 4.79 Å². The van der Waals surface area contributed by atoms with Crippen molar-refractivity contribution in [1.82, 2.24) is 15.1 Å². The van der Waals surface area contributed by atoms with Gasteiger partial charge in [-0.1, -0.05) is 0 Å². The van der Waals surface area contributed by atoms with Crippen LogP contribution in [-0.2, 0) is 17.8 Å². The number of fused-ring (bicyclic) bond motifs is 1. The van der Waals surface area contributed by atoms with Gasteiger partial charge >= 0.3 is 6.18 Å². The molecule has 6 nitrogen and oxygen atoms in total. The molecule has 0 saturated heterocycles. The molecular weight excluding hydrogens is 385 g/mol. The first-order valence-electron chi connectivity index (χ1n) is 9.75. The van der Waals surface area contributed by atoms with Crippen LogP contribution in [0, 0.1) is 5.92 Å². The number of halogens is 3. The summed E-state index contributed by atoms with van der Waals surface area (Å²) in [5, 5.41) is 7.39. The first-order chi connectivity index (χ1) is 13.8. The van der Waals surface area contributed by atoms with Gasteiger partial charge in [0.15, 0.2) is 5.69 Å². The Bertz CT molecular complexity index is 884. The van der Waals surface area contributed by atoms with E-state index in [2.05, 4.69) is 10.4 Å². The summed E-state index contributed by atoms with van der Waals surface area (Å²) in [6.45, 7) is 0.823. The molecule has 0 unspecified atom stereocenters. The van der Waals surface area contributed by atoms with Crippen LogP contribution in [0.3, 0.4) is 0 Å². The van der Waals surface area contributed by atoms with E-state index in [1.807, 2.05) is 12.1 Å². The number of aromatic nitrogens is 2. The van der Waals surface area contributed by atoms with Crippen molar-refractivity contribution in [2.45, 2.75) is 50.9 Å². The highest BCUT2D eigenvalue weighted by molar-refractivity contribution is 5.94. The molecule has 1 saturated carbocycles. The van der Waals surface area contributed by atoms with Gasteiger partial charge in [0.2, 0.25) is 0 Å². The van der Waals surface area contributed by atoms with Gasteiger partial charge in [0.1, 0.15) is 0 Å². The minimum atomic E-state index is -4.16. The second kappa shape index (κ2) is 7.70. The van der Waals surface area contributed by atoms with Gasteiger partial charge in [-0.15, -0.1) is 0 Å². The number of hydrogen-bond acceptors (Lipinski definition) is 4. The van der Waals surface area contributed by atoms with Crippen LogP contribution in [0.25, 0.3) is 5.69 Å². The minimum Gasteiger partial charge on any atom is -0.399 e. The summed E-state index contributed by atoms with van der Waals surface area (Å²) in [6, 6.07) is 6.92. The third-order valence-electron chi connectivity index (χ3n) is 5.70. The molecule has 29 heavy (non-hydrogen) atoms. The molecule has 1 amide bonds. The van der Waals surface area contributed by atoms with Gasteiger partial charge in [-0.2, -0.15) is 18.3 Å². The van der Waals surface area contributed by atoms with E-state index in [-0.39, 0.29) is 37.1 Å². The Labute approximate surface area is 166 Å².